The molecule has 1 aromatic heterocycles. The first kappa shape index (κ1) is 27.2. The smallest absolute Gasteiger partial charge is 0.335 e. The van der Waals surface area contributed by atoms with Crippen LogP contribution in [0, 0.1) is 0 Å². The molecule has 3 aliphatic rings. The molecule has 1 saturated heterocycles. The van der Waals surface area contributed by atoms with E-state index in [0.29, 0.717) is 24.7 Å². The number of benzene rings is 2. The first-order valence-corrected chi connectivity index (χ1v) is 15.3. The summed E-state index contributed by atoms with van der Waals surface area (Å²) in [5.41, 5.74) is 6.58. The summed E-state index contributed by atoms with van der Waals surface area (Å²) in [4.78, 5) is 17.1. The van der Waals surface area contributed by atoms with Crippen molar-refractivity contribution in [3.8, 4) is 17.0 Å². The highest BCUT2D eigenvalue weighted by Gasteiger charge is 2.31. The zero-order valence-electron chi connectivity index (χ0n) is 23.9. The van der Waals surface area contributed by atoms with E-state index in [4.69, 9.17) is 9.47 Å². The van der Waals surface area contributed by atoms with Crippen LogP contribution in [0.5, 0.6) is 5.75 Å². The van der Waals surface area contributed by atoms with Crippen LogP contribution in [0.15, 0.2) is 36.4 Å². The minimum atomic E-state index is -0.869. The second-order valence-corrected chi connectivity index (χ2v) is 11.7. The van der Waals surface area contributed by atoms with Crippen LogP contribution in [0.4, 0.5) is 5.69 Å². The van der Waals surface area contributed by atoms with Crippen molar-refractivity contribution in [1.82, 2.24) is 9.47 Å². The molecule has 1 saturated carbocycles. The van der Waals surface area contributed by atoms with E-state index in [0.717, 1.165) is 37.4 Å². The van der Waals surface area contributed by atoms with E-state index >= 15 is 0 Å². The lowest BCUT2D eigenvalue weighted by Gasteiger charge is -2.31. The van der Waals surface area contributed by atoms with Gasteiger partial charge in [0, 0.05) is 61.5 Å². The summed E-state index contributed by atoms with van der Waals surface area (Å²) in [5.74, 6) is 0.496. The molecule has 0 atom stereocenters. The molecule has 0 unspecified atom stereocenters. The number of nitrogens with zero attached hydrogens (tertiary/aromatic N) is 3. The number of fused-ring (bicyclic) bond motifs is 5. The normalized spacial score (nSPS) is 18.4. The summed E-state index contributed by atoms with van der Waals surface area (Å²) in [6.07, 6.45) is 10.1. The maximum atomic E-state index is 12.0. The number of aromatic nitrogens is 1. The van der Waals surface area contributed by atoms with Gasteiger partial charge in [-0.2, -0.15) is 0 Å². The number of anilines is 1. The fraction of sp³-hybridized carbons (Fsp3) is 0.545. The van der Waals surface area contributed by atoms with E-state index in [9.17, 15) is 9.90 Å². The largest absolute Gasteiger partial charge is 0.491 e. The second kappa shape index (κ2) is 12.2. The number of piperidine rings is 1. The molecule has 40 heavy (non-hydrogen) atoms. The fourth-order valence-electron chi connectivity index (χ4n) is 7.16. The number of methoxy groups -OCH3 is 1. The highest BCUT2D eigenvalue weighted by Crippen LogP contribution is 2.48. The topological polar surface area (TPSA) is 67.2 Å². The highest BCUT2D eigenvalue weighted by atomic mass is 16.5. The number of aromatic carboxylic acids is 1. The summed E-state index contributed by atoms with van der Waals surface area (Å²) >= 11 is 0. The van der Waals surface area contributed by atoms with Crippen molar-refractivity contribution >= 4 is 22.6 Å². The van der Waals surface area contributed by atoms with E-state index in [2.05, 4.69) is 38.6 Å². The Morgan fingerprint density at radius 1 is 0.900 bits per heavy atom. The molecule has 2 aromatic carbocycles. The van der Waals surface area contributed by atoms with Crippen LogP contribution < -0.4 is 9.64 Å². The molecule has 7 nitrogen and oxygen atoms in total. The van der Waals surface area contributed by atoms with Gasteiger partial charge in [-0.15, -0.1) is 0 Å². The van der Waals surface area contributed by atoms with Crippen molar-refractivity contribution in [3.63, 3.8) is 0 Å². The Morgan fingerprint density at radius 2 is 1.70 bits per heavy atom. The Kier molecular flexibility index (Phi) is 8.30. The first-order valence-electron chi connectivity index (χ1n) is 15.3. The molecule has 6 rings (SSSR count). The van der Waals surface area contributed by atoms with E-state index in [1.165, 1.54) is 92.4 Å². The average Bonchev–Trinajstić information content (AvgIpc) is 3.22. The van der Waals surface area contributed by atoms with Crippen LogP contribution in [-0.2, 0) is 11.3 Å². The molecule has 0 bridgehead atoms. The second-order valence-electron chi connectivity index (χ2n) is 11.7. The summed E-state index contributed by atoms with van der Waals surface area (Å²) < 4.78 is 13.8. The zero-order valence-corrected chi connectivity index (χ0v) is 23.9. The number of carboxylic acid groups (broad SMARTS) is 1. The van der Waals surface area contributed by atoms with Gasteiger partial charge < -0.3 is 28.9 Å². The van der Waals surface area contributed by atoms with Crippen LogP contribution in [0.3, 0.4) is 0 Å². The lowest BCUT2D eigenvalue weighted by molar-refractivity contribution is 0.0697. The molecular weight excluding hydrogens is 502 g/mol. The Bertz CT molecular complexity index is 1340. The molecule has 0 spiro atoms. The van der Waals surface area contributed by atoms with Crippen molar-refractivity contribution < 1.29 is 19.4 Å². The van der Waals surface area contributed by atoms with Crippen LogP contribution >= 0.6 is 0 Å². The predicted octanol–water partition coefficient (Wildman–Crippen LogP) is 6.39. The van der Waals surface area contributed by atoms with Gasteiger partial charge in [0.15, 0.2) is 0 Å². The molecular formula is C33H43N3O4. The molecule has 3 heterocycles. The third-order valence-corrected chi connectivity index (χ3v) is 9.21. The quantitative estimate of drug-likeness (QED) is 0.315. The van der Waals surface area contributed by atoms with E-state index < -0.39 is 5.97 Å². The highest BCUT2D eigenvalue weighted by molar-refractivity contribution is 5.99. The summed E-state index contributed by atoms with van der Waals surface area (Å²) in [7, 11) is 1.70. The Hall–Kier alpha value is -3.03. The van der Waals surface area contributed by atoms with Gasteiger partial charge in [0.1, 0.15) is 12.4 Å². The molecule has 1 aliphatic carbocycles. The molecule has 3 aromatic rings. The minimum Gasteiger partial charge on any atom is -0.491 e. The van der Waals surface area contributed by atoms with Crippen molar-refractivity contribution in [2.24, 2.45) is 0 Å². The van der Waals surface area contributed by atoms with Crippen LogP contribution in [0.2, 0.25) is 0 Å². The number of carbonyl (C=O) groups is 1. The lowest BCUT2D eigenvalue weighted by atomic mass is 9.81. The number of hydrogen-bond donors (Lipinski definition) is 1. The summed E-state index contributed by atoms with van der Waals surface area (Å²) in [5, 5.41) is 11.0. The number of likely N-dealkylation sites (tertiary alicyclic amines) is 1. The first-order chi connectivity index (χ1) is 19.6. The lowest BCUT2D eigenvalue weighted by Crippen LogP contribution is -2.38. The maximum Gasteiger partial charge on any atom is 0.335 e. The number of carboxylic acids is 1. The molecule has 214 valence electrons. The van der Waals surface area contributed by atoms with E-state index in [-0.39, 0.29) is 0 Å². The number of rotatable bonds is 9. The molecule has 1 N–H and O–H groups in total. The summed E-state index contributed by atoms with van der Waals surface area (Å²) in [6.45, 7) is 7.19. The Labute approximate surface area is 237 Å². The maximum absolute atomic E-state index is 12.0. The van der Waals surface area contributed by atoms with E-state index in [1.807, 2.05) is 6.07 Å². The van der Waals surface area contributed by atoms with Gasteiger partial charge in [-0.1, -0.05) is 31.7 Å². The Balaban J connectivity index is 1.47. The molecule has 0 radical (unpaired) electrons. The minimum absolute atomic E-state index is 0.358. The fourth-order valence-corrected chi connectivity index (χ4v) is 7.16. The van der Waals surface area contributed by atoms with Crippen molar-refractivity contribution in [1.29, 1.82) is 0 Å². The van der Waals surface area contributed by atoms with Gasteiger partial charge in [-0.3, -0.25) is 0 Å². The Morgan fingerprint density at radius 3 is 2.48 bits per heavy atom. The number of hydrogen-bond acceptors (Lipinski definition) is 5. The van der Waals surface area contributed by atoms with Crippen LogP contribution in [0.1, 0.15) is 73.2 Å². The average molecular weight is 546 g/mol. The van der Waals surface area contributed by atoms with Gasteiger partial charge >= 0.3 is 5.97 Å². The monoisotopic (exact) mass is 545 g/mol. The standard InChI is InChI=1S/C33H43N3O4/c1-39-20-21-40-26-11-13-28-29(23-26)35(17-16-34-14-6-3-7-15-34)18-19-36-30-22-25(33(37)38)10-12-27(30)31(32(28)36)24-8-4-2-5-9-24/h10-13,22-24H,2-9,14-21H2,1H3,(H,37,38). The molecule has 0 amide bonds. The van der Waals surface area contributed by atoms with Crippen LogP contribution in [0.25, 0.3) is 22.2 Å². The third kappa shape index (κ3) is 5.46. The molecule has 2 aliphatic heterocycles. The van der Waals surface area contributed by atoms with Gasteiger partial charge in [-0.05, 0) is 74.5 Å². The van der Waals surface area contributed by atoms with Gasteiger partial charge in [0.05, 0.1) is 17.9 Å². The van der Waals surface area contributed by atoms with Gasteiger partial charge in [-0.25, -0.2) is 4.79 Å². The third-order valence-electron chi connectivity index (χ3n) is 9.21. The molecule has 7 heteroatoms. The molecule has 2 fully saturated rings. The van der Waals surface area contributed by atoms with Crippen LogP contribution in [-0.4, -0.2) is 73.6 Å². The van der Waals surface area contributed by atoms with Crippen molar-refractivity contribution in [3.05, 3.63) is 47.5 Å². The van der Waals surface area contributed by atoms with E-state index in [1.54, 1.807) is 13.2 Å². The van der Waals surface area contributed by atoms with Gasteiger partial charge in [0.25, 0.3) is 0 Å². The predicted molar refractivity (Wildman–Crippen MR) is 160 cm³/mol. The SMILES string of the molecule is COCCOc1ccc2c(c1)N(CCN1CCCCC1)CCn1c-2c(C2CCCCC2)c2ccc(C(=O)O)cc21. The number of ether oxygens (including phenoxy) is 2. The zero-order chi connectivity index (χ0) is 27.5. The summed E-state index contributed by atoms with van der Waals surface area (Å²) in [6, 6.07) is 12.3. The van der Waals surface area contributed by atoms with Crippen molar-refractivity contribution in [2.45, 2.75) is 63.8 Å². The van der Waals surface area contributed by atoms with Gasteiger partial charge in [0.2, 0.25) is 0 Å². The van der Waals surface area contributed by atoms with Crippen molar-refractivity contribution in [2.75, 3.05) is 57.9 Å².